The molecule has 2 atom stereocenters. The van der Waals surface area contributed by atoms with Crippen LogP contribution in [0.1, 0.15) is 47.9 Å². The van der Waals surface area contributed by atoms with Crippen LogP contribution in [0.3, 0.4) is 0 Å². The Hall–Kier alpha value is -2.41. The van der Waals surface area contributed by atoms with Crippen LogP contribution in [0.15, 0.2) is 12.1 Å². The number of hydrogen-bond donors (Lipinski definition) is 1. The summed E-state index contributed by atoms with van der Waals surface area (Å²) >= 11 is 0. The lowest BCUT2D eigenvalue weighted by Crippen LogP contribution is -2.22. The molecule has 1 aliphatic carbocycles. The van der Waals surface area contributed by atoms with Gasteiger partial charge < -0.3 is 5.73 Å². The molecule has 114 valence electrons. The van der Waals surface area contributed by atoms with Gasteiger partial charge in [0.15, 0.2) is 5.78 Å². The maximum absolute atomic E-state index is 12.5. The molecule has 22 heavy (non-hydrogen) atoms. The van der Waals surface area contributed by atoms with Gasteiger partial charge in [-0.25, -0.2) is 0 Å². The van der Waals surface area contributed by atoms with Gasteiger partial charge in [0.2, 0.25) is 5.91 Å². The van der Waals surface area contributed by atoms with Gasteiger partial charge in [-0.15, -0.1) is 5.92 Å². The summed E-state index contributed by atoms with van der Waals surface area (Å²) in [6, 6.07) is 3.78. The minimum atomic E-state index is -0.770. The van der Waals surface area contributed by atoms with E-state index in [1.54, 1.807) is 6.92 Å². The first-order chi connectivity index (χ1) is 10.3. The minimum absolute atomic E-state index is 0.0570. The molecule has 4 heteroatoms. The number of amides is 1. The van der Waals surface area contributed by atoms with Gasteiger partial charge in [0.25, 0.3) is 0 Å². The van der Waals surface area contributed by atoms with Crippen molar-refractivity contribution in [2.45, 2.75) is 39.5 Å². The monoisotopic (exact) mass is 297 g/mol. The molecule has 0 saturated heterocycles. The molecule has 1 aromatic carbocycles. The molecule has 2 rings (SSSR count). The summed E-state index contributed by atoms with van der Waals surface area (Å²) in [7, 11) is 0. The van der Waals surface area contributed by atoms with Crippen LogP contribution in [0.25, 0.3) is 0 Å². The van der Waals surface area contributed by atoms with Crippen LogP contribution in [0, 0.1) is 31.6 Å². The van der Waals surface area contributed by atoms with Gasteiger partial charge in [0.1, 0.15) is 11.7 Å². The number of nitrogens with two attached hydrogens (primary N) is 1. The topological polar surface area (TPSA) is 77.2 Å². The number of aryl methyl sites for hydroxylation is 2. The lowest BCUT2D eigenvalue weighted by molar-refractivity contribution is -0.127. The molecule has 1 saturated carbocycles. The highest BCUT2D eigenvalue weighted by atomic mass is 16.2. The first-order valence-corrected chi connectivity index (χ1v) is 7.23. The fourth-order valence-corrected chi connectivity index (χ4v) is 3.22. The van der Waals surface area contributed by atoms with Gasteiger partial charge in [-0.1, -0.05) is 5.92 Å². The summed E-state index contributed by atoms with van der Waals surface area (Å²) in [5.74, 6) is 3.61. The number of ketones is 2. The van der Waals surface area contributed by atoms with E-state index in [0.29, 0.717) is 0 Å². The van der Waals surface area contributed by atoms with Crippen molar-refractivity contribution >= 4 is 17.5 Å². The third kappa shape index (κ3) is 2.94. The second-order valence-corrected chi connectivity index (χ2v) is 5.77. The number of benzene rings is 1. The van der Waals surface area contributed by atoms with Crippen molar-refractivity contribution in [2.75, 3.05) is 0 Å². The summed E-state index contributed by atoms with van der Waals surface area (Å²) in [5.41, 5.74) is 8.54. The standard InChI is InChI=1S/C18H19NO3/c1-4-5-12-6-10(2)16(11(3)7-12)17-14(20)8-13(18(17)22)9-15(19)21/h6-7,13,17H,8-9H2,1-3H3,(H2,19,21). The zero-order valence-electron chi connectivity index (χ0n) is 13.0. The van der Waals surface area contributed by atoms with Crippen LogP contribution >= 0.6 is 0 Å². The Bertz CT molecular complexity index is 699. The maximum atomic E-state index is 12.5. The highest BCUT2D eigenvalue weighted by molar-refractivity contribution is 6.15. The van der Waals surface area contributed by atoms with Crippen LogP contribution < -0.4 is 5.73 Å². The Morgan fingerprint density at radius 2 is 1.86 bits per heavy atom. The van der Waals surface area contributed by atoms with E-state index < -0.39 is 17.7 Å². The quantitative estimate of drug-likeness (QED) is 0.682. The second kappa shape index (κ2) is 6.15. The maximum Gasteiger partial charge on any atom is 0.218 e. The number of hydrogen-bond acceptors (Lipinski definition) is 3. The molecule has 1 aromatic rings. The van der Waals surface area contributed by atoms with E-state index in [0.717, 1.165) is 22.3 Å². The Morgan fingerprint density at radius 1 is 1.27 bits per heavy atom. The fourth-order valence-electron chi connectivity index (χ4n) is 3.22. The van der Waals surface area contributed by atoms with Crippen LogP contribution in [0.2, 0.25) is 0 Å². The van der Waals surface area contributed by atoms with E-state index in [4.69, 9.17) is 5.73 Å². The highest BCUT2D eigenvalue weighted by Gasteiger charge is 2.43. The van der Waals surface area contributed by atoms with E-state index >= 15 is 0 Å². The van der Waals surface area contributed by atoms with Gasteiger partial charge in [0, 0.05) is 24.3 Å². The van der Waals surface area contributed by atoms with Crippen LogP contribution in [-0.4, -0.2) is 17.5 Å². The molecule has 0 bridgehead atoms. The normalized spacial score (nSPS) is 20.7. The number of carbonyl (C=O) groups is 3. The SMILES string of the molecule is CC#Cc1cc(C)c(C2C(=O)CC(CC(N)=O)C2=O)c(C)c1. The van der Waals surface area contributed by atoms with Crippen LogP contribution in [0.4, 0.5) is 0 Å². The molecular weight excluding hydrogens is 278 g/mol. The molecule has 2 N–H and O–H groups in total. The summed E-state index contributed by atoms with van der Waals surface area (Å²) in [6.45, 7) is 5.52. The lowest BCUT2D eigenvalue weighted by Gasteiger charge is -2.16. The number of rotatable bonds is 3. The third-order valence-corrected chi connectivity index (χ3v) is 4.06. The predicted molar refractivity (Wildman–Crippen MR) is 83.1 cm³/mol. The molecule has 0 radical (unpaired) electrons. The van der Waals surface area contributed by atoms with Gasteiger partial charge in [0.05, 0.1) is 0 Å². The zero-order chi connectivity index (χ0) is 16.4. The van der Waals surface area contributed by atoms with E-state index in [9.17, 15) is 14.4 Å². The Morgan fingerprint density at radius 3 is 2.36 bits per heavy atom. The molecule has 1 fully saturated rings. The van der Waals surface area contributed by atoms with Crippen molar-refractivity contribution < 1.29 is 14.4 Å². The first kappa shape index (κ1) is 16.0. The molecule has 0 aromatic heterocycles. The minimum Gasteiger partial charge on any atom is -0.370 e. The molecule has 1 aliphatic rings. The average Bonchev–Trinajstić information content (AvgIpc) is 2.65. The van der Waals surface area contributed by atoms with Crippen LogP contribution in [-0.2, 0) is 14.4 Å². The average molecular weight is 297 g/mol. The Balaban J connectivity index is 2.43. The summed E-state index contributed by atoms with van der Waals surface area (Å²) in [4.78, 5) is 35.8. The Labute approximate surface area is 130 Å². The van der Waals surface area contributed by atoms with Crippen molar-refractivity contribution in [3.05, 3.63) is 34.4 Å². The highest BCUT2D eigenvalue weighted by Crippen LogP contribution is 2.37. The molecule has 0 heterocycles. The lowest BCUT2D eigenvalue weighted by atomic mass is 9.86. The van der Waals surface area contributed by atoms with Crippen molar-refractivity contribution in [2.24, 2.45) is 11.7 Å². The van der Waals surface area contributed by atoms with Crippen molar-refractivity contribution in [3.63, 3.8) is 0 Å². The number of carbonyl (C=O) groups excluding carboxylic acids is 3. The smallest absolute Gasteiger partial charge is 0.218 e. The Kier molecular flexibility index (Phi) is 4.46. The molecular formula is C18H19NO3. The van der Waals surface area contributed by atoms with Gasteiger partial charge in [-0.2, -0.15) is 0 Å². The van der Waals surface area contributed by atoms with Crippen molar-refractivity contribution in [3.8, 4) is 11.8 Å². The van der Waals surface area contributed by atoms with E-state index in [2.05, 4.69) is 11.8 Å². The number of Topliss-reactive ketones (excluding diaryl/α,β-unsaturated/α-hetero) is 2. The first-order valence-electron chi connectivity index (χ1n) is 7.23. The van der Waals surface area contributed by atoms with Crippen molar-refractivity contribution in [1.82, 2.24) is 0 Å². The molecule has 0 spiro atoms. The molecule has 4 nitrogen and oxygen atoms in total. The third-order valence-electron chi connectivity index (χ3n) is 4.06. The fraction of sp³-hybridized carbons (Fsp3) is 0.389. The summed E-state index contributed by atoms with van der Waals surface area (Å²) in [5, 5.41) is 0. The zero-order valence-corrected chi connectivity index (χ0v) is 13.0. The molecule has 2 unspecified atom stereocenters. The van der Waals surface area contributed by atoms with Crippen LogP contribution in [0.5, 0.6) is 0 Å². The van der Waals surface area contributed by atoms with E-state index in [-0.39, 0.29) is 24.4 Å². The second-order valence-electron chi connectivity index (χ2n) is 5.77. The van der Waals surface area contributed by atoms with Crippen molar-refractivity contribution in [1.29, 1.82) is 0 Å². The number of primary amides is 1. The van der Waals surface area contributed by atoms with E-state index in [1.807, 2.05) is 26.0 Å². The largest absolute Gasteiger partial charge is 0.370 e. The molecule has 1 amide bonds. The van der Waals surface area contributed by atoms with Gasteiger partial charge >= 0.3 is 0 Å². The van der Waals surface area contributed by atoms with Gasteiger partial charge in [-0.05, 0) is 49.6 Å². The summed E-state index contributed by atoms with van der Waals surface area (Å²) in [6.07, 6.45) is 0.0421. The van der Waals surface area contributed by atoms with E-state index in [1.165, 1.54) is 0 Å². The predicted octanol–water partition coefficient (Wildman–Crippen LogP) is 1.79. The summed E-state index contributed by atoms with van der Waals surface area (Å²) < 4.78 is 0. The van der Waals surface area contributed by atoms with Gasteiger partial charge in [-0.3, -0.25) is 14.4 Å². The molecule has 0 aliphatic heterocycles.